The first-order chi connectivity index (χ1) is 2.77. The fourth-order valence-corrected chi connectivity index (χ4v) is 0.149. The van der Waals surface area contributed by atoms with Crippen LogP contribution in [0.4, 0.5) is 0 Å². The lowest BCUT2D eigenvalue weighted by molar-refractivity contribution is 0.168. The van der Waals surface area contributed by atoms with Gasteiger partial charge >= 0.3 is 0 Å². The van der Waals surface area contributed by atoms with Gasteiger partial charge in [0.15, 0.2) is 0 Å². The summed E-state index contributed by atoms with van der Waals surface area (Å²) in [5.41, 5.74) is 0. The Labute approximate surface area is 37.4 Å². The van der Waals surface area contributed by atoms with Gasteiger partial charge in [-0.2, -0.15) is 0 Å². The Morgan fingerprint density at radius 3 is 2.17 bits per heavy atom. The highest BCUT2D eigenvalue weighted by Gasteiger charge is 1.88. The molecule has 0 heterocycles. The molecule has 0 aliphatic heterocycles. The van der Waals surface area contributed by atoms with E-state index in [1.165, 1.54) is 0 Å². The van der Waals surface area contributed by atoms with E-state index in [4.69, 9.17) is 10.2 Å². The van der Waals surface area contributed by atoms with Crippen molar-refractivity contribution in [2.24, 2.45) is 0 Å². The summed E-state index contributed by atoms with van der Waals surface area (Å²) in [6.45, 7) is 3.24. The predicted molar refractivity (Wildman–Crippen MR) is 23.1 cm³/mol. The molecule has 0 aromatic rings. The van der Waals surface area contributed by atoms with Crippen LogP contribution in [0.1, 0.15) is 6.42 Å². The van der Waals surface area contributed by atoms with Crippen LogP contribution < -0.4 is 0 Å². The van der Waals surface area contributed by atoms with Gasteiger partial charge in [0.25, 0.3) is 0 Å². The number of aliphatic hydroxyl groups is 2. The molecule has 0 saturated carbocycles. The van der Waals surface area contributed by atoms with Gasteiger partial charge in [-0.05, 0) is 13.3 Å². The molecule has 0 fully saturated rings. The molecule has 1 atom stereocenters. The highest BCUT2D eigenvalue weighted by Crippen LogP contribution is 1.82. The first kappa shape index (κ1) is 5.92. The van der Waals surface area contributed by atoms with Gasteiger partial charge in [-0.15, -0.1) is 0 Å². The van der Waals surface area contributed by atoms with E-state index in [-0.39, 0.29) is 6.61 Å². The molecular formula is C4H9O2. The van der Waals surface area contributed by atoms with Crippen molar-refractivity contribution >= 4 is 0 Å². The maximum absolute atomic E-state index is 8.28. The van der Waals surface area contributed by atoms with E-state index in [0.29, 0.717) is 6.42 Å². The molecule has 0 saturated heterocycles. The summed E-state index contributed by atoms with van der Waals surface area (Å²) in [6.07, 6.45) is -0.227. The Bertz CT molecular complexity index is 26.7. The zero-order valence-corrected chi connectivity index (χ0v) is 3.59. The molecule has 2 heteroatoms. The van der Waals surface area contributed by atoms with E-state index in [1.54, 1.807) is 0 Å². The average molecular weight is 89.1 g/mol. The Balaban J connectivity index is 2.63. The molecule has 37 valence electrons. The molecular weight excluding hydrogens is 80.0 g/mol. The van der Waals surface area contributed by atoms with Crippen molar-refractivity contribution in [3.8, 4) is 0 Å². The summed E-state index contributed by atoms with van der Waals surface area (Å²) in [5.74, 6) is 0. The molecule has 0 amide bonds. The molecule has 0 aliphatic carbocycles. The quantitative estimate of drug-likeness (QED) is 0.481. The summed E-state index contributed by atoms with van der Waals surface area (Å²) < 4.78 is 0. The molecule has 0 aromatic carbocycles. The van der Waals surface area contributed by atoms with Crippen LogP contribution in [0, 0.1) is 6.92 Å². The molecule has 0 bridgehead atoms. The highest BCUT2D eigenvalue weighted by atomic mass is 16.3. The minimum absolute atomic E-state index is 0.0185. The van der Waals surface area contributed by atoms with Gasteiger partial charge in [0.05, 0.1) is 6.10 Å². The van der Waals surface area contributed by atoms with E-state index < -0.39 is 6.10 Å². The third-order valence-corrected chi connectivity index (χ3v) is 0.462. The highest BCUT2D eigenvalue weighted by molar-refractivity contribution is 4.52. The minimum atomic E-state index is -0.602. The van der Waals surface area contributed by atoms with Crippen LogP contribution in [-0.4, -0.2) is 22.9 Å². The zero-order valence-electron chi connectivity index (χ0n) is 3.59. The van der Waals surface area contributed by atoms with Crippen molar-refractivity contribution in [2.45, 2.75) is 12.5 Å². The summed E-state index contributed by atoms with van der Waals surface area (Å²) in [6, 6.07) is 0. The summed E-state index contributed by atoms with van der Waals surface area (Å²) >= 11 is 0. The molecule has 0 spiro atoms. The van der Waals surface area contributed by atoms with E-state index in [9.17, 15) is 0 Å². The fraction of sp³-hybridized carbons (Fsp3) is 0.750. The van der Waals surface area contributed by atoms with Crippen LogP contribution in [-0.2, 0) is 0 Å². The van der Waals surface area contributed by atoms with Crippen molar-refractivity contribution in [3.63, 3.8) is 0 Å². The van der Waals surface area contributed by atoms with E-state index in [2.05, 4.69) is 6.92 Å². The predicted octanol–water partition coefficient (Wildman–Crippen LogP) is -0.436. The number of hydrogen-bond donors (Lipinski definition) is 2. The minimum Gasteiger partial charge on any atom is -0.396 e. The smallest absolute Gasteiger partial charge is 0.0563 e. The standard InChI is InChI=1S/C4H9O2/c1-4(6)2-3-5/h4-6H,1-3H2. The van der Waals surface area contributed by atoms with Crippen LogP contribution in [0.2, 0.25) is 0 Å². The Kier molecular flexibility index (Phi) is 3.08. The second-order valence-electron chi connectivity index (χ2n) is 1.17. The third-order valence-electron chi connectivity index (χ3n) is 0.462. The SMILES string of the molecule is [CH2]C(O)CCO. The molecule has 2 N–H and O–H groups in total. The molecule has 2 nitrogen and oxygen atoms in total. The molecule has 0 aromatic heterocycles. The van der Waals surface area contributed by atoms with E-state index >= 15 is 0 Å². The summed E-state index contributed by atoms with van der Waals surface area (Å²) in [4.78, 5) is 0. The maximum Gasteiger partial charge on any atom is 0.0563 e. The van der Waals surface area contributed by atoms with Crippen molar-refractivity contribution in [1.82, 2.24) is 0 Å². The van der Waals surface area contributed by atoms with Crippen molar-refractivity contribution < 1.29 is 10.2 Å². The van der Waals surface area contributed by atoms with Crippen LogP contribution in [0.3, 0.4) is 0 Å². The Morgan fingerprint density at radius 1 is 1.67 bits per heavy atom. The maximum atomic E-state index is 8.28. The topological polar surface area (TPSA) is 40.5 Å². The molecule has 6 heavy (non-hydrogen) atoms. The van der Waals surface area contributed by atoms with Gasteiger partial charge in [-0.1, -0.05) is 0 Å². The molecule has 1 radical (unpaired) electrons. The number of aliphatic hydroxyl groups excluding tert-OH is 2. The third kappa shape index (κ3) is 3.92. The fourth-order valence-electron chi connectivity index (χ4n) is 0.149. The lowest BCUT2D eigenvalue weighted by Gasteiger charge is -1.94. The van der Waals surface area contributed by atoms with E-state index in [0.717, 1.165) is 0 Å². The number of hydrogen-bond acceptors (Lipinski definition) is 2. The Hall–Kier alpha value is -0.0800. The van der Waals surface area contributed by atoms with E-state index in [1.807, 2.05) is 0 Å². The second kappa shape index (κ2) is 3.12. The largest absolute Gasteiger partial charge is 0.396 e. The van der Waals surface area contributed by atoms with Gasteiger partial charge < -0.3 is 10.2 Å². The van der Waals surface area contributed by atoms with Gasteiger partial charge in [-0.3, -0.25) is 0 Å². The van der Waals surface area contributed by atoms with Crippen molar-refractivity contribution in [2.75, 3.05) is 6.61 Å². The Morgan fingerprint density at radius 2 is 2.17 bits per heavy atom. The van der Waals surface area contributed by atoms with Crippen molar-refractivity contribution in [1.29, 1.82) is 0 Å². The average Bonchev–Trinajstić information content (AvgIpc) is 1.35. The summed E-state index contributed by atoms with van der Waals surface area (Å²) in [5, 5.41) is 16.3. The van der Waals surface area contributed by atoms with Gasteiger partial charge in [0.2, 0.25) is 0 Å². The van der Waals surface area contributed by atoms with Gasteiger partial charge in [-0.25, -0.2) is 0 Å². The molecule has 0 rings (SSSR count). The first-order valence-electron chi connectivity index (χ1n) is 1.89. The van der Waals surface area contributed by atoms with Crippen molar-refractivity contribution in [3.05, 3.63) is 6.92 Å². The number of rotatable bonds is 2. The molecule has 1 unspecified atom stereocenters. The molecule has 0 aliphatic rings. The summed E-state index contributed by atoms with van der Waals surface area (Å²) in [7, 11) is 0. The lowest BCUT2D eigenvalue weighted by Crippen LogP contribution is -2.01. The first-order valence-corrected chi connectivity index (χ1v) is 1.89. The normalized spacial score (nSPS) is 14.5. The van der Waals surface area contributed by atoms with Gasteiger partial charge in [0.1, 0.15) is 0 Å². The lowest BCUT2D eigenvalue weighted by atomic mass is 10.3. The van der Waals surface area contributed by atoms with Gasteiger partial charge in [0, 0.05) is 6.61 Å². The van der Waals surface area contributed by atoms with Crippen LogP contribution >= 0.6 is 0 Å². The monoisotopic (exact) mass is 89.1 g/mol. The zero-order chi connectivity index (χ0) is 4.99. The van der Waals surface area contributed by atoms with Crippen LogP contribution in [0.25, 0.3) is 0 Å². The van der Waals surface area contributed by atoms with Crippen LogP contribution in [0.15, 0.2) is 0 Å². The second-order valence-corrected chi connectivity index (χ2v) is 1.17. The van der Waals surface area contributed by atoms with Crippen LogP contribution in [0.5, 0.6) is 0 Å².